The monoisotopic (exact) mass is 343 g/mol. The number of hydrogen-bond donors (Lipinski definition) is 1. The Morgan fingerprint density at radius 2 is 1.90 bits per heavy atom. The van der Waals surface area contributed by atoms with E-state index >= 15 is 0 Å². The minimum atomic E-state index is -0.490. The fraction of sp³-hybridized carbons (Fsp3) is 0.600. The molecule has 0 spiro atoms. The van der Waals surface area contributed by atoms with Crippen molar-refractivity contribution >= 4 is 15.9 Å². The van der Waals surface area contributed by atoms with Crippen LogP contribution in [0.25, 0.3) is 0 Å². The van der Waals surface area contributed by atoms with E-state index in [2.05, 4.69) is 34.7 Å². The highest BCUT2D eigenvalue weighted by atomic mass is 79.9. The molecule has 0 amide bonds. The van der Waals surface area contributed by atoms with E-state index in [1.807, 2.05) is 24.3 Å². The summed E-state index contributed by atoms with van der Waals surface area (Å²) in [6.45, 7) is 6.77. The van der Waals surface area contributed by atoms with Crippen LogP contribution in [0.15, 0.2) is 28.7 Å². The number of benzene rings is 1. The normalized spacial score (nSPS) is 25.4. The van der Waals surface area contributed by atoms with Gasteiger partial charge in [0.25, 0.3) is 0 Å². The van der Waals surface area contributed by atoms with Gasteiger partial charge in [0.1, 0.15) is 18.5 Å². The fourth-order valence-corrected chi connectivity index (χ4v) is 2.77. The van der Waals surface area contributed by atoms with Crippen LogP contribution in [0.3, 0.4) is 0 Å². The number of β-amino-alcohol motifs (C(OH)–C–C–N with tert-alkyl or cyclic N) is 1. The smallest absolute Gasteiger partial charge is 0.119 e. The Morgan fingerprint density at radius 1 is 1.30 bits per heavy atom. The molecule has 112 valence electrons. The maximum Gasteiger partial charge on any atom is 0.119 e. The van der Waals surface area contributed by atoms with Gasteiger partial charge in [0.15, 0.2) is 0 Å². The van der Waals surface area contributed by atoms with Crippen molar-refractivity contribution in [2.45, 2.75) is 32.2 Å². The molecule has 5 heteroatoms. The van der Waals surface area contributed by atoms with Crippen LogP contribution >= 0.6 is 15.9 Å². The van der Waals surface area contributed by atoms with Crippen molar-refractivity contribution in [2.24, 2.45) is 0 Å². The Morgan fingerprint density at radius 3 is 2.50 bits per heavy atom. The molecule has 1 fully saturated rings. The third-order valence-electron chi connectivity index (χ3n) is 3.22. The molecule has 0 bridgehead atoms. The zero-order valence-electron chi connectivity index (χ0n) is 12.0. The third-order valence-corrected chi connectivity index (χ3v) is 3.75. The van der Waals surface area contributed by atoms with Gasteiger partial charge in [-0.15, -0.1) is 0 Å². The summed E-state index contributed by atoms with van der Waals surface area (Å²) in [6, 6.07) is 7.62. The van der Waals surface area contributed by atoms with Gasteiger partial charge in [0, 0.05) is 24.1 Å². The lowest BCUT2D eigenvalue weighted by Crippen LogP contribution is -2.48. The highest BCUT2D eigenvalue weighted by molar-refractivity contribution is 9.10. The van der Waals surface area contributed by atoms with Gasteiger partial charge in [-0.05, 0) is 38.1 Å². The van der Waals surface area contributed by atoms with E-state index in [0.717, 1.165) is 23.3 Å². The molecule has 0 aliphatic carbocycles. The molecule has 0 unspecified atom stereocenters. The van der Waals surface area contributed by atoms with Crippen molar-refractivity contribution < 1.29 is 14.6 Å². The molecule has 0 radical (unpaired) electrons. The number of morpholine rings is 1. The Bertz CT molecular complexity index is 402. The van der Waals surface area contributed by atoms with Crippen molar-refractivity contribution in [1.82, 2.24) is 4.90 Å². The molecule has 1 aromatic carbocycles. The van der Waals surface area contributed by atoms with Crippen LogP contribution in [0.2, 0.25) is 0 Å². The van der Waals surface area contributed by atoms with Gasteiger partial charge in [-0.1, -0.05) is 15.9 Å². The number of hydrogen-bond acceptors (Lipinski definition) is 4. The van der Waals surface area contributed by atoms with Crippen LogP contribution in [0.5, 0.6) is 5.75 Å². The van der Waals surface area contributed by atoms with Crippen LogP contribution in [0.1, 0.15) is 13.8 Å². The minimum Gasteiger partial charge on any atom is -0.491 e. The molecule has 20 heavy (non-hydrogen) atoms. The molecule has 1 aromatic rings. The lowest BCUT2D eigenvalue weighted by molar-refractivity contribution is -0.0786. The standard InChI is InChI=1S/C15H22BrNO3/c1-11-7-17(8-12(2)20-11)9-14(18)10-19-15-5-3-13(16)4-6-15/h3-6,11-12,14,18H,7-10H2,1-2H3/t11-,12-,14-/m1/s1. The zero-order chi connectivity index (χ0) is 14.5. The highest BCUT2D eigenvalue weighted by Gasteiger charge is 2.23. The van der Waals surface area contributed by atoms with E-state index in [4.69, 9.17) is 9.47 Å². The van der Waals surface area contributed by atoms with Crippen LogP contribution in [-0.4, -0.2) is 54.6 Å². The first-order valence-corrected chi connectivity index (χ1v) is 7.76. The number of ether oxygens (including phenoxy) is 2. The van der Waals surface area contributed by atoms with Crippen LogP contribution in [0, 0.1) is 0 Å². The summed E-state index contributed by atoms with van der Waals surface area (Å²) < 4.78 is 12.3. The summed E-state index contributed by atoms with van der Waals surface area (Å²) in [5.41, 5.74) is 0. The van der Waals surface area contributed by atoms with Gasteiger partial charge in [-0.3, -0.25) is 4.90 Å². The lowest BCUT2D eigenvalue weighted by atomic mass is 10.2. The second-order valence-corrected chi connectivity index (χ2v) is 6.31. The van der Waals surface area contributed by atoms with Crippen LogP contribution < -0.4 is 4.74 Å². The Kier molecular flexibility index (Phi) is 5.84. The quantitative estimate of drug-likeness (QED) is 0.890. The highest BCUT2D eigenvalue weighted by Crippen LogP contribution is 2.16. The summed E-state index contributed by atoms with van der Waals surface area (Å²) in [5, 5.41) is 10.1. The Balaban J connectivity index is 1.74. The SMILES string of the molecule is C[C@@H]1CN(C[C@@H](O)COc2ccc(Br)cc2)C[C@@H](C)O1. The molecule has 0 aromatic heterocycles. The summed E-state index contributed by atoms with van der Waals surface area (Å²) in [6.07, 6.45) is -0.0483. The van der Waals surface area contributed by atoms with Gasteiger partial charge in [0.05, 0.1) is 12.2 Å². The number of nitrogens with zero attached hydrogens (tertiary/aromatic N) is 1. The molecule has 1 aliphatic rings. The average Bonchev–Trinajstić information content (AvgIpc) is 2.37. The predicted molar refractivity (Wildman–Crippen MR) is 82.1 cm³/mol. The van der Waals surface area contributed by atoms with Gasteiger partial charge >= 0.3 is 0 Å². The molecular weight excluding hydrogens is 322 g/mol. The van der Waals surface area contributed by atoms with Gasteiger partial charge in [0.2, 0.25) is 0 Å². The van der Waals surface area contributed by atoms with E-state index in [-0.39, 0.29) is 12.2 Å². The average molecular weight is 344 g/mol. The zero-order valence-corrected chi connectivity index (χ0v) is 13.5. The summed E-state index contributed by atoms with van der Waals surface area (Å²) in [7, 11) is 0. The Labute approximate surface area is 128 Å². The van der Waals surface area contributed by atoms with Crippen molar-refractivity contribution in [2.75, 3.05) is 26.2 Å². The molecule has 1 N–H and O–H groups in total. The number of aliphatic hydroxyl groups is 1. The molecule has 1 aliphatic heterocycles. The van der Waals surface area contributed by atoms with Gasteiger partial charge in [-0.2, -0.15) is 0 Å². The molecule has 0 saturated carbocycles. The second kappa shape index (κ2) is 7.41. The van der Waals surface area contributed by atoms with E-state index < -0.39 is 6.10 Å². The van der Waals surface area contributed by atoms with Crippen molar-refractivity contribution in [1.29, 1.82) is 0 Å². The van der Waals surface area contributed by atoms with Gasteiger partial charge < -0.3 is 14.6 Å². The molecule has 1 saturated heterocycles. The second-order valence-electron chi connectivity index (χ2n) is 5.39. The maximum atomic E-state index is 10.1. The van der Waals surface area contributed by atoms with Crippen LogP contribution in [-0.2, 0) is 4.74 Å². The lowest BCUT2D eigenvalue weighted by Gasteiger charge is -2.36. The minimum absolute atomic E-state index is 0.221. The first-order chi connectivity index (χ1) is 9.52. The maximum absolute atomic E-state index is 10.1. The number of rotatable bonds is 5. The molecule has 1 heterocycles. The topological polar surface area (TPSA) is 41.9 Å². The first kappa shape index (κ1) is 15.8. The summed E-state index contributed by atoms with van der Waals surface area (Å²) in [5.74, 6) is 0.774. The van der Waals surface area contributed by atoms with E-state index in [1.165, 1.54) is 0 Å². The number of halogens is 1. The van der Waals surface area contributed by atoms with Crippen molar-refractivity contribution in [3.63, 3.8) is 0 Å². The van der Waals surface area contributed by atoms with Crippen molar-refractivity contribution in [3.05, 3.63) is 28.7 Å². The van der Waals surface area contributed by atoms with Crippen molar-refractivity contribution in [3.8, 4) is 5.75 Å². The third kappa shape index (κ3) is 5.05. The Hall–Kier alpha value is -0.620. The predicted octanol–water partition coefficient (Wildman–Crippen LogP) is 2.30. The molecule has 4 nitrogen and oxygen atoms in total. The number of aliphatic hydroxyl groups excluding tert-OH is 1. The molecular formula is C15H22BrNO3. The van der Waals surface area contributed by atoms with E-state index in [9.17, 15) is 5.11 Å². The summed E-state index contributed by atoms with van der Waals surface area (Å²) in [4.78, 5) is 2.23. The largest absolute Gasteiger partial charge is 0.491 e. The fourth-order valence-electron chi connectivity index (χ4n) is 2.51. The molecule has 3 atom stereocenters. The van der Waals surface area contributed by atoms with E-state index in [1.54, 1.807) is 0 Å². The summed E-state index contributed by atoms with van der Waals surface area (Å²) >= 11 is 3.38. The van der Waals surface area contributed by atoms with Gasteiger partial charge in [-0.25, -0.2) is 0 Å². The van der Waals surface area contributed by atoms with Crippen LogP contribution in [0.4, 0.5) is 0 Å². The molecule has 2 rings (SSSR count). The first-order valence-electron chi connectivity index (χ1n) is 6.97. The van der Waals surface area contributed by atoms with E-state index in [0.29, 0.717) is 13.2 Å².